The number of para-hydroxylation sites is 2. The van der Waals surface area contributed by atoms with Gasteiger partial charge in [-0.2, -0.15) is 0 Å². The number of aromatic nitrogens is 3. The quantitative estimate of drug-likeness (QED) is 0.509. The van der Waals surface area contributed by atoms with Crippen LogP contribution in [-0.2, 0) is 0 Å². The fourth-order valence-electron chi connectivity index (χ4n) is 2.34. The number of nitrogens with zero attached hydrogens (tertiary/aromatic N) is 1. The van der Waals surface area contributed by atoms with Crippen LogP contribution in [0.1, 0.15) is 0 Å². The molecule has 0 aliphatic carbocycles. The van der Waals surface area contributed by atoms with Crippen molar-refractivity contribution in [1.82, 2.24) is 15.0 Å². The second-order valence-corrected chi connectivity index (χ2v) is 5.03. The number of fused-ring (bicyclic) bond motifs is 2. The molecular formula is C15H11ClN4. The molecule has 2 aromatic carbocycles. The molecule has 0 radical (unpaired) electrons. The van der Waals surface area contributed by atoms with Crippen molar-refractivity contribution in [2.45, 2.75) is 0 Å². The zero-order valence-electron chi connectivity index (χ0n) is 10.4. The maximum atomic E-state index is 6.26. The molecule has 0 spiro atoms. The van der Waals surface area contributed by atoms with Crippen LogP contribution in [0.15, 0.2) is 48.7 Å². The number of anilines is 2. The first-order valence-electron chi connectivity index (χ1n) is 6.28. The molecule has 0 bridgehead atoms. The van der Waals surface area contributed by atoms with Gasteiger partial charge in [-0.05, 0) is 30.3 Å². The summed E-state index contributed by atoms with van der Waals surface area (Å²) in [5.41, 5.74) is 3.82. The Morgan fingerprint density at radius 3 is 2.85 bits per heavy atom. The minimum atomic E-state index is 0.702. The van der Waals surface area contributed by atoms with Crippen molar-refractivity contribution in [2.24, 2.45) is 0 Å². The van der Waals surface area contributed by atoms with Crippen LogP contribution in [0.2, 0.25) is 5.02 Å². The second kappa shape index (κ2) is 4.28. The molecule has 20 heavy (non-hydrogen) atoms. The topological polar surface area (TPSA) is 56.5 Å². The van der Waals surface area contributed by atoms with E-state index in [4.69, 9.17) is 11.6 Å². The summed E-state index contributed by atoms with van der Waals surface area (Å²) in [6, 6.07) is 13.8. The number of halogens is 1. The Morgan fingerprint density at radius 1 is 1.05 bits per heavy atom. The number of imidazole rings is 1. The summed E-state index contributed by atoms with van der Waals surface area (Å²) in [5.74, 6) is 0.702. The standard InChI is InChI=1S/C15H11ClN4/c16-11-7-9(8-14-10(11)5-6-17-14)18-15-19-12-3-1-2-4-13(12)20-15/h1-8,17H,(H2,18,19,20). The van der Waals surface area contributed by atoms with Crippen molar-refractivity contribution in [1.29, 1.82) is 0 Å². The summed E-state index contributed by atoms with van der Waals surface area (Å²) in [4.78, 5) is 10.9. The van der Waals surface area contributed by atoms with Crippen LogP contribution in [0.4, 0.5) is 11.6 Å². The van der Waals surface area contributed by atoms with Gasteiger partial charge in [0.15, 0.2) is 0 Å². The minimum absolute atomic E-state index is 0.702. The highest BCUT2D eigenvalue weighted by molar-refractivity contribution is 6.35. The third-order valence-electron chi connectivity index (χ3n) is 3.27. The first kappa shape index (κ1) is 11.4. The minimum Gasteiger partial charge on any atom is -0.361 e. The van der Waals surface area contributed by atoms with Crippen molar-refractivity contribution < 1.29 is 0 Å². The van der Waals surface area contributed by atoms with E-state index in [0.29, 0.717) is 11.0 Å². The lowest BCUT2D eigenvalue weighted by Crippen LogP contribution is -1.92. The van der Waals surface area contributed by atoms with Gasteiger partial charge in [-0.15, -0.1) is 0 Å². The fraction of sp³-hybridized carbons (Fsp3) is 0. The molecule has 0 saturated carbocycles. The summed E-state index contributed by atoms with van der Waals surface area (Å²) < 4.78 is 0. The molecule has 0 aliphatic rings. The molecule has 0 amide bonds. The van der Waals surface area contributed by atoms with Crippen molar-refractivity contribution >= 4 is 45.2 Å². The van der Waals surface area contributed by atoms with E-state index in [2.05, 4.69) is 20.3 Å². The highest BCUT2D eigenvalue weighted by Crippen LogP contribution is 2.28. The van der Waals surface area contributed by atoms with Gasteiger partial charge in [0, 0.05) is 22.8 Å². The monoisotopic (exact) mass is 282 g/mol. The predicted molar refractivity (Wildman–Crippen MR) is 82.7 cm³/mol. The molecule has 3 N–H and O–H groups in total. The van der Waals surface area contributed by atoms with Gasteiger partial charge in [0.25, 0.3) is 0 Å². The molecule has 0 aliphatic heterocycles. The Hall–Kier alpha value is -2.46. The van der Waals surface area contributed by atoms with Crippen LogP contribution in [0, 0.1) is 0 Å². The van der Waals surface area contributed by atoms with Crippen molar-refractivity contribution in [3.8, 4) is 0 Å². The Bertz CT molecular complexity index is 873. The highest BCUT2D eigenvalue weighted by atomic mass is 35.5. The van der Waals surface area contributed by atoms with E-state index < -0.39 is 0 Å². The smallest absolute Gasteiger partial charge is 0.205 e. The predicted octanol–water partition coefficient (Wildman–Crippen LogP) is 4.44. The normalized spacial score (nSPS) is 11.2. The van der Waals surface area contributed by atoms with E-state index in [1.54, 1.807) is 0 Å². The van der Waals surface area contributed by atoms with E-state index in [9.17, 15) is 0 Å². The third kappa shape index (κ3) is 1.82. The van der Waals surface area contributed by atoms with Crippen molar-refractivity contribution in [3.63, 3.8) is 0 Å². The first-order chi connectivity index (χ1) is 9.79. The van der Waals surface area contributed by atoms with Gasteiger partial charge >= 0.3 is 0 Å². The molecule has 98 valence electrons. The summed E-state index contributed by atoms with van der Waals surface area (Å²) in [7, 11) is 0. The molecule has 4 aromatic rings. The number of benzene rings is 2. The largest absolute Gasteiger partial charge is 0.361 e. The van der Waals surface area contributed by atoms with Crippen LogP contribution in [-0.4, -0.2) is 15.0 Å². The van der Waals surface area contributed by atoms with E-state index in [1.165, 1.54) is 0 Å². The molecule has 2 aromatic heterocycles. The summed E-state index contributed by atoms with van der Waals surface area (Å²) >= 11 is 6.26. The second-order valence-electron chi connectivity index (χ2n) is 4.62. The summed E-state index contributed by atoms with van der Waals surface area (Å²) in [6.07, 6.45) is 1.88. The molecular weight excluding hydrogens is 272 g/mol. The molecule has 5 heteroatoms. The SMILES string of the molecule is Clc1cc(Nc2nc3ccccc3[nH]2)cc2[nH]ccc12. The number of aromatic amines is 2. The van der Waals surface area contributed by atoms with Gasteiger partial charge in [0.1, 0.15) is 0 Å². The van der Waals surface area contributed by atoms with Gasteiger partial charge in [0.05, 0.1) is 16.1 Å². The lowest BCUT2D eigenvalue weighted by atomic mass is 10.2. The summed E-state index contributed by atoms with van der Waals surface area (Å²) in [6.45, 7) is 0. The van der Waals surface area contributed by atoms with Crippen molar-refractivity contribution in [2.75, 3.05) is 5.32 Å². The number of hydrogen-bond donors (Lipinski definition) is 3. The zero-order valence-corrected chi connectivity index (χ0v) is 11.2. The molecule has 4 nitrogen and oxygen atoms in total. The van der Waals surface area contributed by atoms with E-state index in [0.717, 1.165) is 27.6 Å². The van der Waals surface area contributed by atoms with Crippen LogP contribution in [0.5, 0.6) is 0 Å². The number of hydrogen-bond acceptors (Lipinski definition) is 2. The van der Waals surface area contributed by atoms with E-state index >= 15 is 0 Å². The fourth-order valence-corrected chi connectivity index (χ4v) is 2.62. The van der Waals surface area contributed by atoms with Gasteiger partial charge in [0.2, 0.25) is 5.95 Å². The van der Waals surface area contributed by atoms with E-state index in [-0.39, 0.29) is 0 Å². The molecule has 0 fully saturated rings. The Balaban J connectivity index is 1.76. The molecule has 0 atom stereocenters. The lowest BCUT2D eigenvalue weighted by molar-refractivity contribution is 1.31. The first-order valence-corrected chi connectivity index (χ1v) is 6.66. The average molecular weight is 283 g/mol. The molecule has 0 saturated heterocycles. The number of nitrogens with one attached hydrogen (secondary N) is 3. The van der Waals surface area contributed by atoms with Crippen LogP contribution in [0.25, 0.3) is 21.9 Å². The molecule has 4 rings (SSSR count). The number of H-pyrrole nitrogens is 2. The van der Waals surface area contributed by atoms with Crippen LogP contribution in [0.3, 0.4) is 0 Å². The molecule has 2 heterocycles. The van der Waals surface area contributed by atoms with E-state index in [1.807, 2.05) is 48.7 Å². The Labute approximate surface area is 119 Å². The average Bonchev–Trinajstić information content (AvgIpc) is 3.04. The van der Waals surface area contributed by atoms with Gasteiger partial charge in [-0.25, -0.2) is 4.98 Å². The lowest BCUT2D eigenvalue weighted by Gasteiger charge is -2.04. The van der Waals surface area contributed by atoms with Crippen molar-refractivity contribution in [3.05, 3.63) is 53.7 Å². The third-order valence-corrected chi connectivity index (χ3v) is 3.58. The Morgan fingerprint density at radius 2 is 1.95 bits per heavy atom. The van der Waals surface area contributed by atoms with Gasteiger partial charge in [-0.3, -0.25) is 0 Å². The Kier molecular flexibility index (Phi) is 2.44. The van der Waals surface area contributed by atoms with Crippen LogP contribution < -0.4 is 5.32 Å². The van der Waals surface area contributed by atoms with Gasteiger partial charge in [-0.1, -0.05) is 23.7 Å². The van der Waals surface area contributed by atoms with Gasteiger partial charge < -0.3 is 15.3 Å². The zero-order chi connectivity index (χ0) is 13.5. The summed E-state index contributed by atoms with van der Waals surface area (Å²) in [5, 5.41) is 4.97. The molecule has 0 unspecified atom stereocenters. The van der Waals surface area contributed by atoms with Crippen LogP contribution >= 0.6 is 11.6 Å². The highest BCUT2D eigenvalue weighted by Gasteiger charge is 2.06. The number of rotatable bonds is 2. The maximum absolute atomic E-state index is 6.26. The maximum Gasteiger partial charge on any atom is 0.205 e.